The lowest BCUT2D eigenvalue weighted by molar-refractivity contribution is -0.131. The molecule has 0 aliphatic carbocycles. The lowest BCUT2D eigenvalue weighted by atomic mass is 10.1. The largest absolute Gasteiger partial charge is 0.478 e. The van der Waals surface area contributed by atoms with Crippen LogP contribution in [-0.2, 0) is 11.3 Å². The predicted molar refractivity (Wildman–Crippen MR) is 84.5 cm³/mol. The number of aromatic nitrogens is 1. The van der Waals surface area contributed by atoms with Crippen molar-refractivity contribution in [3.63, 3.8) is 0 Å². The molecule has 1 aromatic heterocycles. The van der Waals surface area contributed by atoms with Crippen LogP contribution in [0.15, 0.2) is 48.8 Å². The smallest absolute Gasteiger partial charge is 0.328 e. The molecule has 0 atom stereocenters. The van der Waals surface area contributed by atoms with Crippen molar-refractivity contribution in [1.82, 2.24) is 4.98 Å². The minimum absolute atomic E-state index is 0.578. The Morgan fingerprint density at radius 3 is 2.86 bits per heavy atom. The first-order valence-electron chi connectivity index (χ1n) is 6.37. The van der Waals surface area contributed by atoms with E-state index in [0.29, 0.717) is 11.6 Å². The van der Waals surface area contributed by atoms with Crippen LogP contribution in [0.4, 0.5) is 5.69 Å². The molecular weight excluding hydrogens is 288 g/mol. The van der Waals surface area contributed by atoms with E-state index in [1.807, 2.05) is 30.1 Å². The number of nitrogens with zero attached hydrogens (tertiary/aromatic N) is 2. The van der Waals surface area contributed by atoms with Gasteiger partial charge in [-0.25, -0.2) is 4.79 Å². The summed E-state index contributed by atoms with van der Waals surface area (Å²) in [4.78, 5) is 16.7. The number of pyridine rings is 1. The van der Waals surface area contributed by atoms with Gasteiger partial charge in [0.2, 0.25) is 0 Å². The van der Waals surface area contributed by atoms with Crippen molar-refractivity contribution >= 4 is 29.3 Å². The summed E-state index contributed by atoms with van der Waals surface area (Å²) in [6.45, 7) is 0.630. The third-order valence-corrected chi connectivity index (χ3v) is 3.25. The SMILES string of the molecule is CN(Cc1cccnc1)c1c(Cl)cccc1/C=C/C(=O)O. The number of hydrogen-bond acceptors (Lipinski definition) is 3. The third kappa shape index (κ3) is 4.07. The Kier molecular flexibility index (Phi) is 4.95. The molecule has 0 amide bonds. The monoisotopic (exact) mass is 302 g/mol. The molecule has 0 unspecified atom stereocenters. The van der Waals surface area contributed by atoms with Gasteiger partial charge in [0.05, 0.1) is 10.7 Å². The summed E-state index contributed by atoms with van der Waals surface area (Å²) < 4.78 is 0. The first-order valence-corrected chi connectivity index (χ1v) is 6.75. The summed E-state index contributed by atoms with van der Waals surface area (Å²) in [6.07, 6.45) is 6.16. The van der Waals surface area contributed by atoms with Gasteiger partial charge in [-0.05, 0) is 29.3 Å². The van der Waals surface area contributed by atoms with Crippen LogP contribution in [0.2, 0.25) is 5.02 Å². The van der Waals surface area contributed by atoms with Crippen LogP contribution in [0.1, 0.15) is 11.1 Å². The van der Waals surface area contributed by atoms with E-state index in [-0.39, 0.29) is 0 Å². The van der Waals surface area contributed by atoms with Crippen LogP contribution < -0.4 is 4.90 Å². The minimum atomic E-state index is -0.990. The van der Waals surface area contributed by atoms with Gasteiger partial charge in [0.15, 0.2) is 0 Å². The van der Waals surface area contributed by atoms with E-state index in [9.17, 15) is 4.79 Å². The quantitative estimate of drug-likeness (QED) is 0.859. The number of para-hydroxylation sites is 1. The Bertz CT molecular complexity index is 657. The lowest BCUT2D eigenvalue weighted by Gasteiger charge is -2.22. The number of benzene rings is 1. The highest BCUT2D eigenvalue weighted by Gasteiger charge is 2.11. The van der Waals surface area contributed by atoms with Gasteiger partial charge in [-0.2, -0.15) is 0 Å². The fraction of sp³-hybridized carbons (Fsp3) is 0.125. The van der Waals surface area contributed by atoms with Crippen molar-refractivity contribution in [2.24, 2.45) is 0 Å². The van der Waals surface area contributed by atoms with Crippen LogP contribution in [0.5, 0.6) is 0 Å². The summed E-state index contributed by atoms with van der Waals surface area (Å²) in [5.74, 6) is -0.990. The van der Waals surface area contributed by atoms with Gasteiger partial charge in [0.25, 0.3) is 0 Å². The summed E-state index contributed by atoms with van der Waals surface area (Å²) in [5, 5.41) is 9.34. The average Bonchev–Trinajstić information content (AvgIpc) is 2.46. The van der Waals surface area contributed by atoms with Crippen LogP contribution in [-0.4, -0.2) is 23.1 Å². The van der Waals surface area contributed by atoms with Gasteiger partial charge in [0.1, 0.15) is 0 Å². The molecule has 0 fully saturated rings. The minimum Gasteiger partial charge on any atom is -0.478 e. The number of carboxylic acid groups (broad SMARTS) is 1. The second-order valence-electron chi connectivity index (χ2n) is 4.57. The molecule has 2 aromatic rings. The van der Waals surface area contributed by atoms with Crippen LogP contribution in [0.25, 0.3) is 6.08 Å². The molecule has 5 heteroatoms. The summed E-state index contributed by atoms with van der Waals surface area (Å²) >= 11 is 6.27. The molecular formula is C16H15ClN2O2. The average molecular weight is 303 g/mol. The number of carboxylic acids is 1. The first kappa shape index (κ1) is 15.1. The maximum atomic E-state index is 10.7. The van der Waals surface area contributed by atoms with E-state index in [1.54, 1.807) is 30.6 Å². The van der Waals surface area contributed by atoms with Gasteiger partial charge >= 0.3 is 5.97 Å². The highest BCUT2D eigenvalue weighted by molar-refractivity contribution is 6.33. The molecule has 4 nitrogen and oxygen atoms in total. The Hall–Kier alpha value is -2.33. The highest BCUT2D eigenvalue weighted by Crippen LogP contribution is 2.31. The van der Waals surface area contributed by atoms with Crippen molar-refractivity contribution in [3.05, 3.63) is 65.0 Å². The van der Waals surface area contributed by atoms with Crippen molar-refractivity contribution in [2.45, 2.75) is 6.54 Å². The normalized spacial score (nSPS) is 10.8. The summed E-state index contributed by atoms with van der Waals surface area (Å²) in [6, 6.07) is 9.27. The van der Waals surface area contributed by atoms with E-state index in [0.717, 1.165) is 22.9 Å². The van der Waals surface area contributed by atoms with Crippen LogP contribution in [0.3, 0.4) is 0 Å². The number of halogens is 1. The fourth-order valence-electron chi connectivity index (χ4n) is 2.07. The zero-order chi connectivity index (χ0) is 15.2. The van der Waals surface area contributed by atoms with Gasteiger partial charge in [-0.1, -0.05) is 29.8 Å². The van der Waals surface area contributed by atoms with E-state index in [2.05, 4.69) is 4.98 Å². The standard InChI is InChI=1S/C16H15ClN2O2/c1-19(11-12-4-3-9-18-10-12)16-13(7-8-15(20)21)5-2-6-14(16)17/h2-10H,11H2,1H3,(H,20,21)/b8-7+. The van der Waals surface area contributed by atoms with E-state index < -0.39 is 5.97 Å². The molecule has 0 aliphatic rings. The topological polar surface area (TPSA) is 53.4 Å². The maximum absolute atomic E-state index is 10.7. The maximum Gasteiger partial charge on any atom is 0.328 e. The second-order valence-corrected chi connectivity index (χ2v) is 4.97. The molecule has 0 aliphatic heterocycles. The van der Waals surface area contributed by atoms with Crippen molar-refractivity contribution in [2.75, 3.05) is 11.9 Å². The Morgan fingerprint density at radius 2 is 2.19 bits per heavy atom. The number of carbonyl (C=O) groups is 1. The molecule has 21 heavy (non-hydrogen) atoms. The van der Waals surface area contributed by atoms with Gasteiger partial charge < -0.3 is 10.0 Å². The molecule has 1 aromatic carbocycles. The highest BCUT2D eigenvalue weighted by atomic mass is 35.5. The van der Waals surface area contributed by atoms with E-state index in [1.165, 1.54) is 0 Å². The van der Waals surface area contributed by atoms with Crippen molar-refractivity contribution in [3.8, 4) is 0 Å². The van der Waals surface area contributed by atoms with E-state index >= 15 is 0 Å². The fourth-order valence-corrected chi connectivity index (χ4v) is 2.40. The van der Waals surface area contributed by atoms with Gasteiger partial charge in [-0.3, -0.25) is 4.98 Å². The predicted octanol–water partition coefficient (Wildman–Crippen LogP) is 3.47. The zero-order valence-electron chi connectivity index (χ0n) is 11.5. The van der Waals surface area contributed by atoms with Gasteiger partial charge in [0, 0.05) is 32.1 Å². The molecule has 0 saturated heterocycles. The van der Waals surface area contributed by atoms with E-state index in [4.69, 9.17) is 16.7 Å². The van der Waals surface area contributed by atoms with Crippen LogP contribution >= 0.6 is 11.6 Å². The Morgan fingerprint density at radius 1 is 1.38 bits per heavy atom. The molecule has 0 saturated carbocycles. The summed E-state index contributed by atoms with van der Waals surface area (Å²) in [5.41, 5.74) is 2.60. The number of hydrogen-bond donors (Lipinski definition) is 1. The molecule has 0 radical (unpaired) electrons. The third-order valence-electron chi connectivity index (χ3n) is 2.95. The molecule has 2 rings (SSSR count). The number of rotatable bonds is 5. The molecule has 1 heterocycles. The van der Waals surface area contributed by atoms with Crippen molar-refractivity contribution < 1.29 is 9.90 Å². The molecule has 108 valence electrons. The molecule has 1 N–H and O–H groups in total. The number of anilines is 1. The summed E-state index contributed by atoms with van der Waals surface area (Å²) in [7, 11) is 1.91. The number of aliphatic carboxylic acids is 1. The first-order chi connectivity index (χ1) is 10.1. The van der Waals surface area contributed by atoms with Crippen LogP contribution in [0, 0.1) is 0 Å². The Balaban J connectivity index is 2.31. The molecule has 0 bridgehead atoms. The second kappa shape index (κ2) is 6.90. The molecule has 0 spiro atoms. The lowest BCUT2D eigenvalue weighted by Crippen LogP contribution is -2.18. The van der Waals surface area contributed by atoms with Crippen molar-refractivity contribution in [1.29, 1.82) is 0 Å². The Labute approximate surface area is 128 Å². The zero-order valence-corrected chi connectivity index (χ0v) is 12.3. The van der Waals surface area contributed by atoms with Gasteiger partial charge in [-0.15, -0.1) is 0 Å².